The lowest BCUT2D eigenvalue weighted by Crippen LogP contribution is -2.43. The summed E-state index contributed by atoms with van der Waals surface area (Å²) in [7, 11) is 0. The molecule has 0 unspecified atom stereocenters. The molecule has 13 heavy (non-hydrogen) atoms. The standard InChI is InChI=1S/C10H15N3/c1-2-4-10-9(3-1)12-7-13(10)8-5-11-6-8/h7-8,11H,1-6H2. The minimum Gasteiger partial charge on any atom is -0.329 e. The quantitative estimate of drug-likeness (QED) is 0.691. The number of nitrogens with one attached hydrogen (secondary N) is 1. The van der Waals surface area contributed by atoms with E-state index >= 15 is 0 Å². The van der Waals surface area contributed by atoms with Gasteiger partial charge in [0.05, 0.1) is 18.1 Å². The lowest BCUT2D eigenvalue weighted by Gasteiger charge is -2.30. The summed E-state index contributed by atoms with van der Waals surface area (Å²) in [6.07, 6.45) is 7.15. The Kier molecular flexibility index (Phi) is 1.65. The Balaban J connectivity index is 1.95. The largest absolute Gasteiger partial charge is 0.329 e. The average Bonchev–Trinajstić information content (AvgIpc) is 2.47. The van der Waals surface area contributed by atoms with Gasteiger partial charge >= 0.3 is 0 Å². The van der Waals surface area contributed by atoms with Crippen LogP contribution in [-0.4, -0.2) is 22.6 Å². The molecule has 1 fully saturated rings. The van der Waals surface area contributed by atoms with Crippen LogP contribution in [0.3, 0.4) is 0 Å². The van der Waals surface area contributed by atoms with Gasteiger partial charge in [-0.3, -0.25) is 0 Å². The zero-order valence-electron chi connectivity index (χ0n) is 7.79. The molecule has 1 aliphatic heterocycles. The van der Waals surface area contributed by atoms with Crippen LogP contribution >= 0.6 is 0 Å². The summed E-state index contributed by atoms with van der Waals surface area (Å²) in [5, 5.41) is 3.31. The SMILES string of the molecule is c1nc2c(n1C1CNC1)CCCC2. The van der Waals surface area contributed by atoms with Crippen LogP contribution in [0.5, 0.6) is 0 Å². The zero-order chi connectivity index (χ0) is 8.67. The molecule has 0 saturated carbocycles. The molecule has 3 nitrogen and oxygen atoms in total. The fourth-order valence-electron chi connectivity index (χ4n) is 2.28. The predicted octanol–water partition coefficient (Wildman–Crippen LogP) is 0.906. The third-order valence-electron chi connectivity index (χ3n) is 3.21. The summed E-state index contributed by atoms with van der Waals surface area (Å²) >= 11 is 0. The molecular formula is C10H15N3. The summed E-state index contributed by atoms with van der Waals surface area (Å²) in [5.41, 5.74) is 2.87. The Morgan fingerprint density at radius 2 is 2.15 bits per heavy atom. The Morgan fingerprint density at radius 3 is 2.92 bits per heavy atom. The number of rotatable bonds is 1. The fraction of sp³-hybridized carbons (Fsp3) is 0.700. The number of imidazole rings is 1. The van der Waals surface area contributed by atoms with Crippen LogP contribution in [-0.2, 0) is 12.8 Å². The van der Waals surface area contributed by atoms with Gasteiger partial charge in [-0.25, -0.2) is 4.98 Å². The number of aryl methyl sites for hydroxylation is 1. The predicted molar refractivity (Wildman–Crippen MR) is 50.8 cm³/mol. The van der Waals surface area contributed by atoms with E-state index in [0.29, 0.717) is 6.04 Å². The molecule has 3 heteroatoms. The highest BCUT2D eigenvalue weighted by Gasteiger charge is 2.24. The molecule has 0 atom stereocenters. The first-order valence-electron chi connectivity index (χ1n) is 5.20. The van der Waals surface area contributed by atoms with Gasteiger partial charge in [0.25, 0.3) is 0 Å². The lowest BCUT2D eigenvalue weighted by molar-refractivity contribution is 0.334. The Morgan fingerprint density at radius 1 is 1.31 bits per heavy atom. The maximum Gasteiger partial charge on any atom is 0.0955 e. The number of hydrogen-bond acceptors (Lipinski definition) is 2. The molecule has 1 aromatic rings. The van der Waals surface area contributed by atoms with Crippen LogP contribution in [0, 0.1) is 0 Å². The van der Waals surface area contributed by atoms with Crippen LogP contribution < -0.4 is 5.32 Å². The van der Waals surface area contributed by atoms with Gasteiger partial charge < -0.3 is 9.88 Å². The lowest BCUT2D eigenvalue weighted by atomic mass is 10.0. The van der Waals surface area contributed by atoms with Crippen molar-refractivity contribution in [3.63, 3.8) is 0 Å². The highest BCUT2D eigenvalue weighted by atomic mass is 15.2. The highest BCUT2D eigenvalue weighted by molar-refractivity contribution is 5.18. The molecule has 2 heterocycles. The number of fused-ring (bicyclic) bond motifs is 1. The molecule has 70 valence electrons. The van der Waals surface area contributed by atoms with Crippen LogP contribution in [0.4, 0.5) is 0 Å². The van der Waals surface area contributed by atoms with Crippen molar-refractivity contribution >= 4 is 0 Å². The maximum absolute atomic E-state index is 4.49. The molecule has 2 aliphatic rings. The molecule has 1 saturated heterocycles. The fourth-order valence-corrected chi connectivity index (χ4v) is 2.28. The van der Waals surface area contributed by atoms with E-state index in [1.54, 1.807) is 0 Å². The van der Waals surface area contributed by atoms with E-state index in [2.05, 4.69) is 14.9 Å². The smallest absolute Gasteiger partial charge is 0.0955 e. The summed E-state index contributed by atoms with van der Waals surface area (Å²) in [5.74, 6) is 0. The molecule has 0 amide bonds. The van der Waals surface area contributed by atoms with Crippen molar-refractivity contribution < 1.29 is 0 Å². The molecule has 0 aromatic carbocycles. The number of hydrogen-bond donors (Lipinski definition) is 1. The van der Waals surface area contributed by atoms with Gasteiger partial charge in [0.1, 0.15) is 0 Å². The van der Waals surface area contributed by atoms with Crippen LogP contribution in [0.2, 0.25) is 0 Å². The maximum atomic E-state index is 4.49. The van der Waals surface area contributed by atoms with E-state index in [9.17, 15) is 0 Å². The topological polar surface area (TPSA) is 29.9 Å². The number of nitrogens with zero attached hydrogens (tertiary/aromatic N) is 2. The summed E-state index contributed by atoms with van der Waals surface area (Å²) < 4.78 is 2.39. The van der Waals surface area contributed by atoms with Crippen molar-refractivity contribution in [3.8, 4) is 0 Å². The van der Waals surface area contributed by atoms with Gasteiger partial charge in [-0.2, -0.15) is 0 Å². The zero-order valence-corrected chi connectivity index (χ0v) is 7.79. The minimum atomic E-state index is 0.689. The van der Waals surface area contributed by atoms with E-state index in [1.165, 1.54) is 37.1 Å². The summed E-state index contributed by atoms with van der Waals surface area (Å²) in [4.78, 5) is 4.49. The van der Waals surface area contributed by atoms with E-state index in [0.717, 1.165) is 13.1 Å². The first-order chi connectivity index (χ1) is 6.45. The average molecular weight is 177 g/mol. The van der Waals surface area contributed by atoms with E-state index < -0.39 is 0 Å². The van der Waals surface area contributed by atoms with Crippen molar-refractivity contribution in [1.82, 2.24) is 14.9 Å². The Hall–Kier alpha value is -0.830. The van der Waals surface area contributed by atoms with Crippen LogP contribution in [0.1, 0.15) is 30.3 Å². The first-order valence-corrected chi connectivity index (χ1v) is 5.20. The van der Waals surface area contributed by atoms with Gasteiger partial charge in [0, 0.05) is 18.8 Å². The number of aromatic nitrogens is 2. The van der Waals surface area contributed by atoms with Gasteiger partial charge in [0.2, 0.25) is 0 Å². The molecule has 0 radical (unpaired) electrons. The van der Waals surface area contributed by atoms with Gasteiger partial charge in [-0.05, 0) is 25.7 Å². The van der Waals surface area contributed by atoms with Crippen molar-refractivity contribution in [3.05, 3.63) is 17.7 Å². The minimum absolute atomic E-state index is 0.689. The normalized spacial score (nSPS) is 22.5. The summed E-state index contributed by atoms with van der Waals surface area (Å²) in [6.45, 7) is 2.26. The second-order valence-corrected chi connectivity index (χ2v) is 4.06. The van der Waals surface area contributed by atoms with Crippen molar-refractivity contribution in [2.75, 3.05) is 13.1 Å². The molecule has 1 aliphatic carbocycles. The van der Waals surface area contributed by atoms with Crippen LogP contribution in [0.25, 0.3) is 0 Å². The Bertz CT molecular complexity index is 312. The van der Waals surface area contributed by atoms with Crippen LogP contribution in [0.15, 0.2) is 6.33 Å². The second-order valence-electron chi connectivity index (χ2n) is 4.06. The van der Waals surface area contributed by atoms with E-state index in [1.807, 2.05) is 6.33 Å². The van der Waals surface area contributed by atoms with Crippen molar-refractivity contribution in [1.29, 1.82) is 0 Å². The van der Waals surface area contributed by atoms with E-state index in [4.69, 9.17) is 0 Å². The third kappa shape index (κ3) is 1.10. The molecule has 1 N–H and O–H groups in total. The molecule has 0 spiro atoms. The highest BCUT2D eigenvalue weighted by Crippen LogP contribution is 2.24. The first kappa shape index (κ1) is 7.56. The molecular weight excluding hydrogens is 162 g/mol. The van der Waals surface area contributed by atoms with Gasteiger partial charge in [-0.1, -0.05) is 0 Å². The molecule has 0 bridgehead atoms. The van der Waals surface area contributed by atoms with Crippen molar-refractivity contribution in [2.24, 2.45) is 0 Å². The molecule has 1 aromatic heterocycles. The van der Waals surface area contributed by atoms with Gasteiger partial charge in [-0.15, -0.1) is 0 Å². The van der Waals surface area contributed by atoms with Gasteiger partial charge in [0.15, 0.2) is 0 Å². The molecule has 3 rings (SSSR count). The second kappa shape index (κ2) is 2.84. The monoisotopic (exact) mass is 177 g/mol. The van der Waals surface area contributed by atoms with Crippen molar-refractivity contribution in [2.45, 2.75) is 31.7 Å². The summed E-state index contributed by atoms with van der Waals surface area (Å²) in [6, 6.07) is 0.689. The third-order valence-corrected chi connectivity index (χ3v) is 3.21. The Labute approximate surface area is 78.2 Å². The van der Waals surface area contributed by atoms with E-state index in [-0.39, 0.29) is 0 Å².